The van der Waals surface area contributed by atoms with E-state index in [4.69, 9.17) is 0 Å². The topological polar surface area (TPSA) is 6.48 Å². The number of hydrogen-bond donors (Lipinski definition) is 0. The number of hydrogen-bond acceptors (Lipinski definition) is 2. The third kappa shape index (κ3) is 1.48. The van der Waals surface area contributed by atoms with Gasteiger partial charge >= 0.3 is 0 Å². The molecule has 0 unspecified atom stereocenters. The van der Waals surface area contributed by atoms with Crippen molar-refractivity contribution in [2.24, 2.45) is 0 Å². The van der Waals surface area contributed by atoms with Crippen LogP contribution in [0, 0.1) is 0 Å². The second-order valence-electron chi connectivity index (χ2n) is 3.56. The van der Waals surface area contributed by atoms with Crippen molar-refractivity contribution >= 4 is 5.69 Å². The normalized spacial score (nSPS) is 19.4. The molecule has 1 heterocycles. The molecule has 0 saturated carbocycles. The number of anilines is 1. The largest absolute Gasteiger partial charge is 0.360 e. The van der Waals surface area contributed by atoms with Crippen LogP contribution in [-0.4, -0.2) is 25.0 Å². The Labute approximate surface area is 85.4 Å². The van der Waals surface area contributed by atoms with Gasteiger partial charge in [0.05, 0.1) is 0 Å². The Morgan fingerprint density at radius 1 is 1.14 bits per heavy atom. The highest BCUT2D eigenvalue weighted by Crippen LogP contribution is 2.24. The Bertz CT molecular complexity index is 329. The van der Waals surface area contributed by atoms with Crippen molar-refractivity contribution in [2.75, 3.05) is 25.0 Å². The number of para-hydroxylation sites is 1. The van der Waals surface area contributed by atoms with E-state index in [1.165, 1.54) is 11.5 Å². The molecule has 1 aromatic rings. The lowest BCUT2D eigenvalue weighted by Crippen LogP contribution is -2.19. The Kier molecular flexibility index (Phi) is 2.44. The van der Waals surface area contributed by atoms with Crippen LogP contribution in [0.2, 0.25) is 0 Å². The predicted octanol–water partition coefficient (Wildman–Crippen LogP) is 2.30. The molecule has 0 bridgehead atoms. The molecule has 0 atom stereocenters. The van der Waals surface area contributed by atoms with Crippen LogP contribution >= 0.6 is 0 Å². The first-order valence-corrected chi connectivity index (χ1v) is 5.03. The molecule has 1 aliphatic rings. The zero-order valence-corrected chi connectivity index (χ0v) is 8.77. The van der Waals surface area contributed by atoms with E-state index >= 15 is 0 Å². The van der Waals surface area contributed by atoms with Gasteiger partial charge in [-0.15, -0.1) is 0 Å². The van der Waals surface area contributed by atoms with Crippen molar-refractivity contribution in [2.45, 2.75) is 6.92 Å². The van der Waals surface area contributed by atoms with E-state index < -0.39 is 0 Å². The molecule has 0 N–H and O–H groups in total. The zero-order chi connectivity index (χ0) is 9.97. The third-order valence-electron chi connectivity index (χ3n) is 2.65. The molecule has 2 nitrogen and oxygen atoms in total. The predicted molar refractivity (Wildman–Crippen MR) is 60.2 cm³/mol. The lowest BCUT2D eigenvalue weighted by molar-refractivity contribution is 0.487. The van der Waals surface area contributed by atoms with Crippen LogP contribution in [0.4, 0.5) is 5.69 Å². The Morgan fingerprint density at radius 2 is 1.86 bits per heavy atom. The van der Waals surface area contributed by atoms with Gasteiger partial charge in [0.25, 0.3) is 0 Å². The summed E-state index contributed by atoms with van der Waals surface area (Å²) in [7, 11) is 2.14. The molecular formula is C12H16N2. The van der Waals surface area contributed by atoms with Crippen molar-refractivity contribution in [1.82, 2.24) is 4.90 Å². The molecule has 1 aromatic carbocycles. The summed E-state index contributed by atoms with van der Waals surface area (Å²) < 4.78 is 0. The minimum absolute atomic E-state index is 1.08. The van der Waals surface area contributed by atoms with Gasteiger partial charge in [-0.05, 0) is 25.1 Å². The first-order valence-electron chi connectivity index (χ1n) is 5.03. The average Bonchev–Trinajstić information content (AvgIpc) is 2.61. The number of nitrogens with zero attached hydrogens (tertiary/aromatic N) is 2. The molecule has 0 aromatic heterocycles. The quantitative estimate of drug-likeness (QED) is 0.667. The highest BCUT2D eigenvalue weighted by atomic mass is 15.4. The summed E-state index contributed by atoms with van der Waals surface area (Å²) in [6.45, 7) is 4.28. The molecule has 2 heteroatoms. The third-order valence-corrected chi connectivity index (χ3v) is 2.65. The van der Waals surface area contributed by atoms with Crippen LogP contribution in [0.5, 0.6) is 0 Å². The van der Waals surface area contributed by atoms with E-state index in [0.717, 1.165) is 13.1 Å². The van der Waals surface area contributed by atoms with Crippen molar-refractivity contribution < 1.29 is 0 Å². The number of benzene rings is 1. The van der Waals surface area contributed by atoms with E-state index in [1.807, 2.05) is 0 Å². The highest BCUT2D eigenvalue weighted by molar-refractivity contribution is 5.52. The van der Waals surface area contributed by atoms with Crippen molar-refractivity contribution in [1.29, 1.82) is 0 Å². The standard InChI is InChI=1S/C12H16N2/c1-3-12-13(2)9-10-14(12)11-7-5-4-6-8-11/h3-8H,9-10H2,1-2H3/b12-3+. The molecule has 0 aliphatic carbocycles. The first kappa shape index (κ1) is 9.13. The summed E-state index contributed by atoms with van der Waals surface area (Å²) in [5.74, 6) is 1.30. The molecule has 0 spiro atoms. The second kappa shape index (κ2) is 3.74. The fourth-order valence-corrected chi connectivity index (χ4v) is 1.93. The Balaban J connectivity index is 2.28. The van der Waals surface area contributed by atoms with Crippen molar-refractivity contribution in [3.8, 4) is 0 Å². The maximum Gasteiger partial charge on any atom is 0.104 e. The van der Waals surface area contributed by atoms with Gasteiger partial charge < -0.3 is 9.80 Å². The van der Waals surface area contributed by atoms with Crippen LogP contribution in [0.25, 0.3) is 0 Å². The number of likely N-dealkylation sites (N-methyl/N-ethyl adjacent to an activating group) is 1. The van der Waals surface area contributed by atoms with Gasteiger partial charge in [-0.3, -0.25) is 0 Å². The van der Waals surface area contributed by atoms with Crippen molar-refractivity contribution in [3.05, 3.63) is 42.2 Å². The van der Waals surface area contributed by atoms with Gasteiger partial charge in [-0.25, -0.2) is 0 Å². The smallest absolute Gasteiger partial charge is 0.104 e. The van der Waals surface area contributed by atoms with Gasteiger partial charge in [0, 0.05) is 25.8 Å². The van der Waals surface area contributed by atoms with Gasteiger partial charge in [0.2, 0.25) is 0 Å². The minimum atomic E-state index is 1.08. The molecule has 74 valence electrons. The maximum absolute atomic E-state index is 2.35. The molecule has 1 aliphatic heterocycles. The van der Waals surface area contributed by atoms with E-state index in [2.05, 4.69) is 60.2 Å². The molecule has 0 amide bonds. The molecular weight excluding hydrogens is 172 g/mol. The van der Waals surface area contributed by atoms with Gasteiger partial charge in [0.1, 0.15) is 5.82 Å². The second-order valence-corrected chi connectivity index (χ2v) is 3.56. The SMILES string of the molecule is C/C=C1\N(C)CCN1c1ccccc1. The van der Waals surface area contributed by atoms with E-state index in [9.17, 15) is 0 Å². The summed E-state index contributed by atoms with van der Waals surface area (Å²) >= 11 is 0. The van der Waals surface area contributed by atoms with Gasteiger partial charge in [-0.1, -0.05) is 18.2 Å². The Hall–Kier alpha value is -1.44. The summed E-state index contributed by atoms with van der Waals surface area (Å²) in [6, 6.07) is 10.5. The summed E-state index contributed by atoms with van der Waals surface area (Å²) in [4.78, 5) is 4.63. The van der Waals surface area contributed by atoms with Crippen LogP contribution in [-0.2, 0) is 0 Å². The van der Waals surface area contributed by atoms with Gasteiger partial charge in [-0.2, -0.15) is 0 Å². The lowest BCUT2D eigenvalue weighted by Gasteiger charge is -2.21. The highest BCUT2D eigenvalue weighted by Gasteiger charge is 2.21. The van der Waals surface area contributed by atoms with E-state index in [0.29, 0.717) is 0 Å². The molecule has 1 fully saturated rings. The van der Waals surface area contributed by atoms with Gasteiger partial charge in [0.15, 0.2) is 0 Å². The molecule has 0 radical (unpaired) electrons. The summed E-state index contributed by atoms with van der Waals surface area (Å²) in [5.41, 5.74) is 1.28. The minimum Gasteiger partial charge on any atom is -0.360 e. The Morgan fingerprint density at radius 3 is 2.50 bits per heavy atom. The van der Waals surface area contributed by atoms with Crippen LogP contribution < -0.4 is 4.90 Å². The van der Waals surface area contributed by atoms with Crippen LogP contribution in [0.1, 0.15) is 6.92 Å². The van der Waals surface area contributed by atoms with Crippen LogP contribution in [0.15, 0.2) is 42.2 Å². The monoisotopic (exact) mass is 188 g/mol. The fraction of sp³-hybridized carbons (Fsp3) is 0.333. The van der Waals surface area contributed by atoms with Crippen LogP contribution in [0.3, 0.4) is 0 Å². The lowest BCUT2D eigenvalue weighted by atomic mass is 10.3. The number of rotatable bonds is 1. The molecule has 14 heavy (non-hydrogen) atoms. The average molecular weight is 188 g/mol. The molecule has 2 rings (SSSR count). The molecule has 1 saturated heterocycles. The maximum atomic E-state index is 2.35. The zero-order valence-electron chi connectivity index (χ0n) is 8.77. The van der Waals surface area contributed by atoms with E-state index in [-0.39, 0.29) is 0 Å². The first-order chi connectivity index (χ1) is 6.83. The van der Waals surface area contributed by atoms with E-state index in [1.54, 1.807) is 0 Å². The number of allylic oxidation sites excluding steroid dienone is 1. The fourth-order valence-electron chi connectivity index (χ4n) is 1.93. The van der Waals surface area contributed by atoms with Crippen molar-refractivity contribution in [3.63, 3.8) is 0 Å². The summed E-state index contributed by atoms with van der Waals surface area (Å²) in [6.07, 6.45) is 2.17. The summed E-state index contributed by atoms with van der Waals surface area (Å²) in [5, 5.41) is 0.